The summed E-state index contributed by atoms with van der Waals surface area (Å²) in [4.78, 5) is 11.7. The van der Waals surface area contributed by atoms with Crippen molar-refractivity contribution in [3.63, 3.8) is 0 Å². The first-order valence-electron chi connectivity index (χ1n) is 4.61. The van der Waals surface area contributed by atoms with Gasteiger partial charge in [-0.05, 0) is 12.5 Å². The first-order valence-corrected chi connectivity index (χ1v) is 4.61. The standard InChI is InChI=1S/C10H13N3/c1-3-7(2)9-10-8(4-5-11-9)12-6-13-10/h4-7H,3H2,1-2H3,(H,12,13). The van der Waals surface area contributed by atoms with Crippen LogP contribution in [0.25, 0.3) is 11.0 Å². The van der Waals surface area contributed by atoms with Crippen molar-refractivity contribution in [2.45, 2.75) is 26.2 Å². The lowest BCUT2D eigenvalue weighted by molar-refractivity contribution is 0.714. The van der Waals surface area contributed by atoms with Crippen molar-refractivity contribution in [1.82, 2.24) is 15.0 Å². The van der Waals surface area contributed by atoms with Crippen molar-refractivity contribution in [1.29, 1.82) is 0 Å². The maximum Gasteiger partial charge on any atom is 0.110 e. The van der Waals surface area contributed by atoms with Crippen molar-refractivity contribution in [3.8, 4) is 0 Å². The van der Waals surface area contributed by atoms with Gasteiger partial charge in [0.15, 0.2) is 0 Å². The molecule has 2 rings (SSSR count). The van der Waals surface area contributed by atoms with E-state index in [1.165, 1.54) is 0 Å². The largest absolute Gasteiger partial charge is 0.344 e. The number of aromatic amines is 1. The SMILES string of the molecule is CCC(C)c1nccc2[nH]cnc12. The van der Waals surface area contributed by atoms with Crippen LogP contribution in [0.15, 0.2) is 18.6 Å². The first kappa shape index (κ1) is 8.23. The second-order valence-corrected chi connectivity index (χ2v) is 3.30. The molecule has 13 heavy (non-hydrogen) atoms. The Hall–Kier alpha value is -1.38. The lowest BCUT2D eigenvalue weighted by atomic mass is 10.0. The smallest absolute Gasteiger partial charge is 0.110 e. The second kappa shape index (κ2) is 3.17. The number of H-pyrrole nitrogens is 1. The minimum Gasteiger partial charge on any atom is -0.344 e. The molecule has 2 aromatic heterocycles. The van der Waals surface area contributed by atoms with Crippen LogP contribution in [-0.2, 0) is 0 Å². The first-order chi connectivity index (χ1) is 6.33. The lowest BCUT2D eigenvalue weighted by Gasteiger charge is -2.07. The van der Waals surface area contributed by atoms with E-state index in [-0.39, 0.29) is 0 Å². The van der Waals surface area contributed by atoms with E-state index in [9.17, 15) is 0 Å². The van der Waals surface area contributed by atoms with Gasteiger partial charge >= 0.3 is 0 Å². The molecule has 68 valence electrons. The Morgan fingerprint density at radius 1 is 1.46 bits per heavy atom. The van der Waals surface area contributed by atoms with Crippen LogP contribution in [0.2, 0.25) is 0 Å². The normalized spacial score (nSPS) is 13.4. The van der Waals surface area contributed by atoms with Crippen molar-refractivity contribution in [2.75, 3.05) is 0 Å². The Kier molecular flexibility index (Phi) is 2.00. The fourth-order valence-electron chi connectivity index (χ4n) is 1.44. The van der Waals surface area contributed by atoms with Gasteiger partial charge in [0.1, 0.15) is 5.52 Å². The van der Waals surface area contributed by atoms with Crippen LogP contribution in [0.4, 0.5) is 0 Å². The van der Waals surface area contributed by atoms with Crippen LogP contribution in [-0.4, -0.2) is 15.0 Å². The summed E-state index contributed by atoms with van der Waals surface area (Å²) < 4.78 is 0. The molecule has 0 aliphatic rings. The molecule has 2 aromatic rings. The Bertz CT molecular complexity index is 405. The van der Waals surface area contributed by atoms with Gasteiger partial charge in [-0.25, -0.2) is 4.98 Å². The van der Waals surface area contributed by atoms with Crippen LogP contribution < -0.4 is 0 Å². The maximum atomic E-state index is 4.37. The summed E-state index contributed by atoms with van der Waals surface area (Å²) in [5.41, 5.74) is 3.18. The molecule has 3 nitrogen and oxygen atoms in total. The maximum absolute atomic E-state index is 4.37. The molecule has 0 spiro atoms. The summed E-state index contributed by atoms with van der Waals surface area (Å²) in [6.45, 7) is 4.34. The summed E-state index contributed by atoms with van der Waals surface area (Å²) >= 11 is 0. The highest BCUT2D eigenvalue weighted by Crippen LogP contribution is 2.22. The van der Waals surface area contributed by atoms with E-state index in [2.05, 4.69) is 28.8 Å². The molecular weight excluding hydrogens is 162 g/mol. The zero-order chi connectivity index (χ0) is 9.26. The van der Waals surface area contributed by atoms with E-state index in [1.807, 2.05) is 12.3 Å². The summed E-state index contributed by atoms with van der Waals surface area (Å²) in [5.74, 6) is 0.479. The van der Waals surface area contributed by atoms with Gasteiger partial charge in [-0.2, -0.15) is 0 Å². The van der Waals surface area contributed by atoms with E-state index >= 15 is 0 Å². The second-order valence-electron chi connectivity index (χ2n) is 3.30. The van der Waals surface area contributed by atoms with E-state index in [1.54, 1.807) is 6.33 Å². The van der Waals surface area contributed by atoms with Gasteiger partial charge < -0.3 is 4.98 Å². The molecular formula is C10H13N3. The molecule has 0 saturated carbocycles. The molecule has 0 saturated heterocycles. The zero-order valence-electron chi connectivity index (χ0n) is 7.91. The molecule has 0 amide bonds. The van der Waals surface area contributed by atoms with Crippen molar-refractivity contribution < 1.29 is 0 Å². The van der Waals surface area contributed by atoms with E-state index in [4.69, 9.17) is 0 Å². The number of nitrogens with zero attached hydrogens (tertiary/aromatic N) is 2. The van der Waals surface area contributed by atoms with Gasteiger partial charge in [0.2, 0.25) is 0 Å². The lowest BCUT2D eigenvalue weighted by Crippen LogP contribution is -1.96. The number of pyridine rings is 1. The van der Waals surface area contributed by atoms with Crippen LogP contribution in [0, 0.1) is 0 Å². The molecule has 0 fully saturated rings. The monoisotopic (exact) mass is 175 g/mol. The molecule has 3 heteroatoms. The summed E-state index contributed by atoms with van der Waals surface area (Å²) in [6.07, 6.45) is 4.65. The van der Waals surface area contributed by atoms with Gasteiger partial charge in [0.25, 0.3) is 0 Å². The van der Waals surface area contributed by atoms with E-state index in [0.29, 0.717) is 5.92 Å². The van der Waals surface area contributed by atoms with Gasteiger partial charge in [-0.15, -0.1) is 0 Å². The van der Waals surface area contributed by atoms with Crippen molar-refractivity contribution in [2.24, 2.45) is 0 Å². The molecule has 1 atom stereocenters. The van der Waals surface area contributed by atoms with Gasteiger partial charge in [0, 0.05) is 12.1 Å². The highest BCUT2D eigenvalue weighted by Gasteiger charge is 2.10. The average molecular weight is 175 g/mol. The van der Waals surface area contributed by atoms with Crippen LogP contribution in [0.5, 0.6) is 0 Å². The molecule has 0 bridgehead atoms. The molecule has 0 radical (unpaired) electrons. The Morgan fingerprint density at radius 2 is 2.31 bits per heavy atom. The molecule has 2 heterocycles. The Morgan fingerprint density at radius 3 is 3.08 bits per heavy atom. The number of hydrogen-bond donors (Lipinski definition) is 1. The van der Waals surface area contributed by atoms with Gasteiger partial charge in [0.05, 0.1) is 17.5 Å². The van der Waals surface area contributed by atoms with Gasteiger partial charge in [-0.3, -0.25) is 4.98 Å². The predicted octanol–water partition coefficient (Wildman–Crippen LogP) is 2.47. The average Bonchev–Trinajstić information content (AvgIpc) is 2.63. The molecule has 0 aromatic carbocycles. The summed E-state index contributed by atoms with van der Waals surface area (Å²) in [7, 11) is 0. The Balaban J connectivity index is 2.60. The topological polar surface area (TPSA) is 41.6 Å². The number of fused-ring (bicyclic) bond motifs is 1. The molecule has 0 aliphatic heterocycles. The fraction of sp³-hybridized carbons (Fsp3) is 0.400. The highest BCUT2D eigenvalue weighted by atomic mass is 14.9. The molecule has 1 unspecified atom stereocenters. The van der Waals surface area contributed by atoms with Crippen LogP contribution >= 0.6 is 0 Å². The highest BCUT2D eigenvalue weighted by molar-refractivity contribution is 5.76. The minimum atomic E-state index is 0.479. The quantitative estimate of drug-likeness (QED) is 0.761. The minimum absolute atomic E-state index is 0.479. The van der Waals surface area contributed by atoms with Gasteiger partial charge in [-0.1, -0.05) is 13.8 Å². The third-order valence-electron chi connectivity index (χ3n) is 2.45. The predicted molar refractivity (Wildman–Crippen MR) is 52.6 cm³/mol. The number of imidazole rings is 1. The molecule has 0 aliphatic carbocycles. The number of nitrogens with one attached hydrogen (secondary N) is 1. The van der Waals surface area contributed by atoms with Crippen molar-refractivity contribution in [3.05, 3.63) is 24.3 Å². The zero-order valence-corrected chi connectivity index (χ0v) is 7.91. The Labute approximate surface area is 77.2 Å². The summed E-state index contributed by atoms with van der Waals surface area (Å²) in [6, 6.07) is 1.95. The van der Waals surface area contributed by atoms with E-state index in [0.717, 1.165) is 23.1 Å². The molecule has 1 N–H and O–H groups in total. The third-order valence-corrected chi connectivity index (χ3v) is 2.45. The van der Waals surface area contributed by atoms with Crippen molar-refractivity contribution >= 4 is 11.0 Å². The fourth-order valence-corrected chi connectivity index (χ4v) is 1.44. The van der Waals surface area contributed by atoms with E-state index < -0.39 is 0 Å². The number of aromatic nitrogens is 3. The summed E-state index contributed by atoms with van der Waals surface area (Å²) in [5, 5.41) is 0. The number of rotatable bonds is 2. The van der Waals surface area contributed by atoms with Crippen LogP contribution in [0.3, 0.4) is 0 Å². The number of hydrogen-bond acceptors (Lipinski definition) is 2. The third kappa shape index (κ3) is 1.30. The van der Waals surface area contributed by atoms with Crippen LogP contribution in [0.1, 0.15) is 31.9 Å².